The Bertz CT molecular complexity index is 394. The van der Waals surface area contributed by atoms with E-state index in [1.165, 1.54) is 0 Å². The van der Waals surface area contributed by atoms with Crippen molar-refractivity contribution in [2.45, 2.75) is 25.6 Å². The monoisotopic (exact) mass is 348 g/mol. The zero-order valence-corrected chi connectivity index (χ0v) is 12.6. The number of halogens is 2. The van der Waals surface area contributed by atoms with E-state index in [1.807, 2.05) is 26.8 Å². The number of aromatic nitrogens is 1. The molecule has 0 aliphatic carbocycles. The van der Waals surface area contributed by atoms with Gasteiger partial charge in [0.1, 0.15) is 5.82 Å². The second-order valence-electron chi connectivity index (χ2n) is 3.95. The summed E-state index contributed by atoms with van der Waals surface area (Å²) in [5.74, 6) is 0.793. The van der Waals surface area contributed by atoms with Crippen LogP contribution in [0.2, 0.25) is 0 Å². The minimum absolute atomic E-state index is 0.0621. The van der Waals surface area contributed by atoms with Gasteiger partial charge in [-0.2, -0.15) is 0 Å². The number of aryl methyl sites for hydroxylation is 1. The predicted octanol–water partition coefficient (Wildman–Crippen LogP) is 3.51. The zero-order chi connectivity index (χ0) is 12.3. The van der Waals surface area contributed by atoms with E-state index in [4.69, 9.17) is 0 Å². The van der Waals surface area contributed by atoms with Crippen LogP contribution in [0.25, 0.3) is 0 Å². The number of rotatable bonds is 3. The van der Waals surface area contributed by atoms with Gasteiger partial charge in [-0.05, 0) is 40.4 Å². The number of amides is 1. The van der Waals surface area contributed by atoms with Crippen molar-refractivity contribution >= 4 is 43.6 Å². The highest BCUT2D eigenvalue weighted by Crippen LogP contribution is 2.19. The summed E-state index contributed by atoms with van der Waals surface area (Å²) in [4.78, 5) is 15.7. The smallest absolute Gasteiger partial charge is 0.239 e. The lowest BCUT2D eigenvalue weighted by molar-refractivity contribution is -0.116. The van der Waals surface area contributed by atoms with Crippen molar-refractivity contribution in [1.29, 1.82) is 0 Å². The van der Waals surface area contributed by atoms with Gasteiger partial charge in [0.15, 0.2) is 0 Å². The van der Waals surface area contributed by atoms with Gasteiger partial charge in [0.25, 0.3) is 0 Å². The fourth-order valence-corrected chi connectivity index (χ4v) is 1.72. The maximum atomic E-state index is 11.8. The lowest BCUT2D eigenvalue weighted by atomic mass is 10.1. The van der Waals surface area contributed by atoms with Crippen LogP contribution in [0, 0.1) is 12.8 Å². The zero-order valence-electron chi connectivity index (χ0n) is 9.42. The first-order chi connectivity index (χ1) is 7.41. The third-order valence-electron chi connectivity index (χ3n) is 2.12. The number of anilines is 1. The standard InChI is InChI=1S/C11H14Br2N2O/c1-6(2)9(13)11(16)15-10-7(3)4-8(12)5-14-10/h4-6,9H,1-3H3,(H,14,15,16). The molecular weight excluding hydrogens is 336 g/mol. The summed E-state index contributed by atoms with van der Waals surface area (Å²) < 4.78 is 0.905. The van der Waals surface area contributed by atoms with Crippen molar-refractivity contribution in [3.8, 4) is 0 Å². The second-order valence-corrected chi connectivity index (χ2v) is 5.86. The van der Waals surface area contributed by atoms with Crippen LogP contribution in [0.1, 0.15) is 19.4 Å². The summed E-state index contributed by atoms with van der Waals surface area (Å²) in [6.45, 7) is 5.88. The Balaban J connectivity index is 2.77. The Morgan fingerprint density at radius 2 is 2.12 bits per heavy atom. The Morgan fingerprint density at radius 1 is 1.50 bits per heavy atom. The summed E-state index contributed by atoms with van der Waals surface area (Å²) in [5.41, 5.74) is 0.936. The van der Waals surface area contributed by atoms with Crippen LogP contribution in [0.5, 0.6) is 0 Å². The van der Waals surface area contributed by atoms with E-state index < -0.39 is 0 Å². The van der Waals surface area contributed by atoms with E-state index in [2.05, 4.69) is 42.2 Å². The Labute approximate surface area is 112 Å². The summed E-state index contributed by atoms with van der Waals surface area (Å²) in [6, 6.07) is 1.92. The lowest BCUT2D eigenvalue weighted by Crippen LogP contribution is -2.27. The van der Waals surface area contributed by atoms with Crippen LogP contribution in [-0.4, -0.2) is 15.7 Å². The van der Waals surface area contributed by atoms with Gasteiger partial charge in [0.05, 0.1) is 4.83 Å². The number of pyridine rings is 1. The second kappa shape index (κ2) is 5.77. The van der Waals surface area contributed by atoms with Crippen LogP contribution in [0.3, 0.4) is 0 Å². The number of carbonyl (C=O) groups is 1. The van der Waals surface area contributed by atoms with Crippen LogP contribution in [0.15, 0.2) is 16.7 Å². The van der Waals surface area contributed by atoms with Gasteiger partial charge >= 0.3 is 0 Å². The van der Waals surface area contributed by atoms with Crippen molar-refractivity contribution in [3.05, 3.63) is 22.3 Å². The number of nitrogens with zero attached hydrogens (tertiary/aromatic N) is 1. The van der Waals surface area contributed by atoms with Crippen molar-refractivity contribution in [2.24, 2.45) is 5.92 Å². The predicted molar refractivity (Wildman–Crippen MR) is 72.9 cm³/mol. The van der Waals surface area contributed by atoms with Crippen LogP contribution in [0.4, 0.5) is 5.82 Å². The molecule has 1 amide bonds. The number of hydrogen-bond acceptors (Lipinski definition) is 2. The maximum Gasteiger partial charge on any atom is 0.239 e. The van der Waals surface area contributed by atoms with Crippen molar-refractivity contribution < 1.29 is 4.79 Å². The van der Waals surface area contributed by atoms with E-state index in [1.54, 1.807) is 6.20 Å². The molecule has 0 saturated heterocycles. The van der Waals surface area contributed by atoms with Gasteiger partial charge in [-0.3, -0.25) is 4.79 Å². The molecule has 0 radical (unpaired) electrons. The third-order valence-corrected chi connectivity index (χ3v) is 4.03. The van der Waals surface area contributed by atoms with Crippen molar-refractivity contribution in [3.63, 3.8) is 0 Å². The molecule has 0 saturated carbocycles. The van der Waals surface area contributed by atoms with Crippen LogP contribution >= 0.6 is 31.9 Å². The molecule has 1 rings (SSSR count). The molecule has 88 valence electrons. The first-order valence-electron chi connectivity index (χ1n) is 4.99. The largest absolute Gasteiger partial charge is 0.309 e. The summed E-state index contributed by atoms with van der Waals surface area (Å²) in [6.07, 6.45) is 1.67. The molecule has 1 heterocycles. The maximum absolute atomic E-state index is 11.8. The molecule has 1 aromatic rings. The Kier molecular flexibility index (Phi) is 4.92. The van der Waals surface area contributed by atoms with E-state index in [0.717, 1.165) is 10.0 Å². The highest BCUT2D eigenvalue weighted by Gasteiger charge is 2.19. The molecule has 0 fully saturated rings. The van der Waals surface area contributed by atoms with Gasteiger partial charge < -0.3 is 5.32 Å². The molecule has 1 unspecified atom stereocenters. The molecule has 0 bridgehead atoms. The summed E-state index contributed by atoms with van der Waals surface area (Å²) in [5, 5.41) is 2.80. The first kappa shape index (κ1) is 13.6. The number of nitrogens with one attached hydrogen (secondary N) is 1. The molecule has 0 spiro atoms. The average Bonchev–Trinajstić information content (AvgIpc) is 2.20. The van der Waals surface area contributed by atoms with Crippen molar-refractivity contribution in [1.82, 2.24) is 4.98 Å². The van der Waals surface area contributed by atoms with E-state index in [9.17, 15) is 4.79 Å². The SMILES string of the molecule is Cc1cc(Br)cnc1NC(=O)C(Br)C(C)C. The molecule has 1 atom stereocenters. The molecule has 1 aromatic heterocycles. The number of hydrogen-bond donors (Lipinski definition) is 1. The van der Waals surface area contributed by atoms with Gasteiger partial charge in [-0.15, -0.1) is 0 Å². The fraction of sp³-hybridized carbons (Fsp3) is 0.455. The highest BCUT2D eigenvalue weighted by molar-refractivity contribution is 9.10. The van der Waals surface area contributed by atoms with E-state index in [0.29, 0.717) is 5.82 Å². The molecular formula is C11H14Br2N2O. The molecule has 0 aliphatic heterocycles. The normalized spacial score (nSPS) is 12.6. The fourth-order valence-electron chi connectivity index (χ4n) is 1.16. The van der Waals surface area contributed by atoms with Crippen LogP contribution in [-0.2, 0) is 4.79 Å². The average molecular weight is 350 g/mol. The van der Waals surface area contributed by atoms with Gasteiger partial charge in [-0.1, -0.05) is 29.8 Å². The van der Waals surface area contributed by atoms with Crippen LogP contribution < -0.4 is 5.32 Å². The topological polar surface area (TPSA) is 42.0 Å². The lowest BCUT2D eigenvalue weighted by Gasteiger charge is -2.14. The van der Waals surface area contributed by atoms with Gasteiger partial charge in [0, 0.05) is 10.7 Å². The molecule has 1 N–H and O–H groups in total. The van der Waals surface area contributed by atoms with E-state index in [-0.39, 0.29) is 16.7 Å². The molecule has 16 heavy (non-hydrogen) atoms. The minimum atomic E-state index is -0.197. The molecule has 0 aromatic carbocycles. The van der Waals surface area contributed by atoms with Crippen molar-refractivity contribution in [2.75, 3.05) is 5.32 Å². The quantitative estimate of drug-likeness (QED) is 0.848. The molecule has 5 heteroatoms. The number of carbonyl (C=O) groups excluding carboxylic acids is 1. The molecule has 3 nitrogen and oxygen atoms in total. The third kappa shape index (κ3) is 3.56. The Hall–Kier alpha value is -0.420. The first-order valence-corrected chi connectivity index (χ1v) is 6.69. The Morgan fingerprint density at radius 3 is 2.62 bits per heavy atom. The number of alkyl halides is 1. The van der Waals surface area contributed by atoms with E-state index >= 15 is 0 Å². The van der Waals surface area contributed by atoms with Gasteiger partial charge in [-0.25, -0.2) is 4.98 Å². The minimum Gasteiger partial charge on any atom is -0.309 e. The van der Waals surface area contributed by atoms with Gasteiger partial charge in [0.2, 0.25) is 5.91 Å². The molecule has 0 aliphatic rings. The summed E-state index contributed by atoms with van der Waals surface area (Å²) in [7, 11) is 0. The highest BCUT2D eigenvalue weighted by atomic mass is 79.9. The summed E-state index contributed by atoms with van der Waals surface area (Å²) >= 11 is 6.69.